The lowest BCUT2D eigenvalue weighted by atomic mass is 10.1. The van der Waals surface area contributed by atoms with Crippen LogP contribution in [0.5, 0.6) is 5.75 Å². The zero-order valence-corrected chi connectivity index (χ0v) is 10.8. The predicted octanol–water partition coefficient (Wildman–Crippen LogP) is 0.503. The van der Waals surface area contributed by atoms with Crippen molar-refractivity contribution in [1.29, 1.82) is 0 Å². The topological polar surface area (TPSA) is 102 Å². The molecule has 0 radical (unpaired) electrons. The molecule has 0 saturated heterocycles. The molecule has 0 aliphatic carbocycles. The maximum absolute atomic E-state index is 11.7. The van der Waals surface area contributed by atoms with Gasteiger partial charge in [-0.2, -0.15) is 0 Å². The Bertz CT molecular complexity index is 448. The lowest BCUT2D eigenvalue weighted by Gasteiger charge is -2.13. The van der Waals surface area contributed by atoms with Crippen molar-refractivity contribution < 1.29 is 19.4 Å². The van der Waals surface area contributed by atoms with Gasteiger partial charge < -0.3 is 20.9 Å². The first-order valence-corrected chi connectivity index (χ1v) is 5.91. The summed E-state index contributed by atoms with van der Waals surface area (Å²) in [5.41, 5.74) is 6.43. The molecule has 6 nitrogen and oxygen atoms in total. The van der Waals surface area contributed by atoms with E-state index in [1.54, 1.807) is 13.2 Å². The van der Waals surface area contributed by atoms with Crippen molar-refractivity contribution in [2.75, 3.05) is 7.11 Å². The second-order valence-corrected chi connectivity index (χ2v) is 4.07. The molecule has 0 heterocycles. The number of nitrogens with two attached hydrogens (primary N) is 1. The highest BCUT2D eigenvalue weighted by Gasteiger charge is 2.14. The Morgan fingerprint density at radius 2 is 2.11 bits per heavy atom. The van der Waals surface area contributed by atoms with Gasteiger partial charge in [-0.15, -0.1) is 0 Å². The number of benzene rings is 1. The molecule has 0 spiro atoms. The summed E-state index contributed by atoms with van der Waals surface area (Å²) in [7, 11) is 1.55. The fourth-order valence-corrected chi connectivity index (χ4v) is 1.57. The van der Waals surface area contributed by atoms with Gasteiger partial charge in [0, 0.05) is 18.5 Å². The molecular formula is C13H18N2O4. The second kappa shape index (κ2) is 7.38. The smallest absolute Gasteiger partial charge is 0.303 e. The summed E-state index contributed by atoms with van der Waals surface area (Å²) in [5, 5.41) is 11.2. The first-order valence-electron chi connectivity index (χ1n) is 5.91. The van der Waals surface area contributed by atoms with Gasteiger partial charge >= 0.3 is 5.97 Å². The molecular weight excluding hydrogens is 248 g/mol. The standard InChI is InChI=1S/C13H18N2O4/c1-19-11-5-3-2-4-9(11)8-15-13(18)10(14)6-7-12(16)17/h2-5,10H,6-8,14H2,1H3,(H,15,18)(H,16,17). The summed E-state index contributed by atoms with van der Waals surface area (Å²) in [4.78, 5) is 22.0. The van der Waals surface area contributed by atoms with Crippen LogP contribution in [0.2, 0.25) is 0 Å². The van der Waals surface area contributed by atoms with Crippen molar-refractivity contribution in [1.82, 2.24) is 5.32 Å². The van der Waals surface area contributed by atoms with Crippen LogP contribution >= 0.6 is 0 Å². The molecule has 0 bridgehead atoms. The van der Waals surface area contributed by atoms with E-state index in [1.165, 1.54) is 0 Å². The van der Waals surface area contributed by atoms with Gasteiger partial charge in [-0.3, -0.25) is 9.59 Å². The number of carboxylic acids is 1. The molecule has 1 rings (SSSR count). The van der Waals surface area contributed by atoms with E-state index in [0.29, 0.717) is 12.3 Å². The van der Waals surface area contributed by atoms with E-state index in [0.717, 1.165) is 5.56 Å². The molecule has 0 aliphatic heterocycles. The summed E-state index contributed by atoms with van der Waals surface area (Å²) in [6.45, 7) is 0.295. The Kier molecular flexibility index (Phi) is 5.81. The molecule has 1 aromatic carbocycles. The predicted molar refractivity (Wildman–Crippen MR) is 69.7 cm³/mol. The molecule has 0 fully saturated rings. The van der Waals surface area contributed by atoms with Gasteiger partial charge in [0.2, 0.25) is 5.91 Å². The van der Waals surface area contributed by atoms with Crippen molar-refractivity contribution in [3.63, 3.8) is 0 Å². The van der Waals surface area contributed by atoms with Crippen LogP contribution in [0.4, 0.5) is 0 Å². The Balaban J connectivity index is 2.47. The van der Waals surface area contributed by atoms with Crippen molar-refractivity contribution in [2.24, 2.45) is 5.73 Å². The lowest BCUT2D eigenvalue weighted by molar-refractivity contribution is -0.137. The third-order valence-corrected chi connectivity index (χ3v) is 2.65. The van der Waals surface area contributed by atoms with Crippen molar-refractivity contribution >= 4 is 11.9 Å². The highest BCUT2D eigenvalue weighted by molar-refractivity contribution is 5.82. The van der Waals surface area contributed by atoms with Crippen LogP contribution in [0, 0.1) is 0 Å². The molecule has 104 valence electrons. The molecule has 1 amide bonds. The van der Waals surface area contributed by atoms with E-state index in [4.69, 9.17) is 15.6 Å². The molecule has 19 heavy (non-hydrogen) atoms. The number of amides is 1. The van der Waals surface area contributed by atoms with Crippen LogP contribution in [0.15, 0.2) is 24.3 Å². The normalized spacial score (nSPS) is 11.7. The SMILES string of the molecule is COc1ccccc1CNC(=O)C(N)CCC(=O)O. The summed E-state index contributed by atoms with van der Waals surface area (Å²) < 4.78 is 5.16. The van der Waals surface area contributed by atoms with E-state index < -0.39 is 12.0 Å². The molecule has 6 heteroatoms. The number of carboxylic acid groups (broad SMARTS) is 1. The number of nitrogens with one attached hydrogen (secondary N) is 1. The number of ether oxygens (including phenoxy) is 1. The largest absolute Gasteiger partial charge is 0.496 e. The van der Waals surface area contributed by atoms with E-state index in [1.807, 2.05) is 18.2 Å². The Morgan fingerprint density at radius 1 is 1.42 bits per heavy atom. The monoisotopic (exact) mass is 266 g/mol. The van der Waals surface area contributed by atoms with Crippen LogP contribution < -0.4 is 15.8 Å². The molecule has 0 aromatic heterocycles. The van der Waals surface area contributed by atoms with Gasteiger partial charge in [0.25, 0.3) is 0 Å². The number of rotatable bonds is 7. The lowest BCUT2D eigenvalue weighted by Crippen LogP contribution is -2.40. The first kappa shape index (κ1) is 15.0. The van der Waals surface area contributed by atoms with Gasteiger partial charge in [0.1, 0.15) is 5.75 Å². The Labute approximate surface area is 111 Å². The maximum atomic E-state index is 11.7. The van der Waals surface area contributed by atoms with E-state index >= 15 is 0 Å². The van der Waals surface area contributed by atoms with E-state index in [-0.39, 0.29) is 18.7 Å². The summed E-state index contributed by atoms with van der Waals surface area (Å²) in [6, 6.07) is 6.50. The zero-order valence-electron chi connectivity index (χ0n) is 10.8. The van der Waals surface area contributed by atoms with Gasteiger partial charge in [0.05, 0.1) is 13.2 Å². The summed E-state index contributed by atoms with van der Waals surface area (Å²) in [6.07, 6.45) is -0.00363. The first-order chi connectivity index (χ1) is 9.04. The summed E-state index contributed by atoms with van der Waals surface area (Å²) >= 11 is 0. The molecule has 1 atom stereocenters. The van der Waals surface area contributed by atoms with Crippen LogP contribution in [0.25, 0.3) is 0 Å². The van der Waals surface area contributed by atoms with Gasteiger partial charge in [-0.1, -0.05) is 18.2 Å². The van der Waals surface area contributed by atoms with Gasteiger partial charge in [0.15, 0.2) is 0 Å². The van der Waals surface area contributed by atoms with Crippen LogP contribution in [-0.2, 0) is 16.1 Å². The fourth-order valence-electron chi connectivity index (χ4n) is 1.57. The molecule has 4 N–H and O–H groups in total. The number of carbonyl (C=O) groups is 2. The third kappa shape index (κ3) is 4.97. The minimum absolute atomic E-state index is 0.118. The van der Waals surface area contributed by atoms with E-state index in [2.05, 4.69) is 5.32 Å². The van der Waals surface area contributed by atoms with Crippen LogP contribution in [0.1, 0.15) is 18.4 Å². The van der Waals surface area contributed by atoms with Gasteiger partial charge in [-0.05, 0) is 12.5 Å². The van der Waals surface area contributed by atoms with Crippen molar-refractivity contribution in [3.05, 3.63) is 29.8 Å². The quantitative estimate of drug-likeness (QED) is 0.667. The van der Waals surface area contributed by atoms with Crippen LogP contribution in [0.3, 0.4) is 0 Å². The number of hydrogen-bond acceptors (Lipinski definition) is 4. The maximum Gasteiger partial charge on any atom is 0.303 e. The highest BCUT2D eigenvalue weighted by Crippen LogP contribution is 2.16. The second-order valence-electron chi connectivity index (χ2n) is 4.07. The minimum atomic E-state index is -0.965. The van der Waals surface area contributed by atoms with Crippen LogP contribution in [-0.4, -0.2) is 30.1 Å². The Hall–Kier alpha value is -2.08. The number of carbonyl (C=O) groups excluding carboxylic acids is 1. The summed E-state index contributed by atoms with van der Waals surface area (Å²) in [5.74, 6) is -0.651. The number of aliphatic carboxylic acids is 1. The molecule has 0 aliphatic rings. The molecule has 1 aromatic rings. The number of methoxy groups -OCH3 is 1. The number of hydrogen-bond donors (Lipinski definition) is 3. The van der Waals surface area contributed by atoms with Gasteiger partial charge in [-0.25, -0.2) is 0 Å². The highest BCUT2D eigenvalue weighted by atomic mass is 16.5. The molecule has 0 saturated carbocycles. The van der Waals surface area contributed by atoms with Crippen molar-refractivity contribution in [3.8, 4) is 5.75 Å². The average Bonchev–Trinajstić information content (AvgIpc) is 2.42. The van der Waals surface area contributed by atoms with Crippen molar-refractivity contribution in [2.45, 2.75) is 25.4 Å². The third-order valence-electron chi connectivity index (χ3n) is 2.65. The van der Waals surface area contributed by atoms with E-state index in [9.17, 15) is 9.59 Å². The fraction of sp³-hybridized carbons (Fsp3) is 0.385. The number of para-hydroxylation sites is 1. The Morgan fingerprint density at radius 3 is 2.74 bits per heavy atom. The minimum Gasteiger partial charge on any atom is -0.496 e. The molecule has 1 unspecified atom stereocenters. The average molecular weight is 266 g/mol. The zero-order chi connectivity index (χ0) is 14.3.